The topological polar surface area (TPSA) is 65.3 Å². The number of likely N-dealkylation sites (tertiary alicyclic amines) is 1. The molecule has 3 heterocycles. The van der Waals surface area contributed by atoms with Gasteiger partial charge < -0.3 is 4.90 Å². The molecule has 3 aliphatic rings. The summed E-state index contributed by atoms with van der Waals surface area (Å²) >= 11 is 1.34. The van der Waals surface area contributed by atoms with Crippen LogP contribution in [0.3, 0.4) is 0 Å². The molecule has 0 bridgehead atoms. The molecule has 7 heteroatoms. The molecule has 170 valence electrons. The number of piperidine rings is 1. The molecule has 0 aromatic heterocycles. The molecule has 33 heavy (non-hydrogen) atoms. The van der Waals surface area contributed by atoms with Crippen molar-refractivity contribution in [2.24, 2.45) is 21.8 Å². The molecule has 3 atom stereocenters. The summed E-state index contributed by atoms with van der Waals surface area (Å²) in [6.45, 7) is 5.99. The van der Waals surface area contributed by atoms with Crippen LogP contribution in [0.15, 0.2) is 64.6 Å². The fourth-order valence-corrected chi connectivity index (χ4v) is 5.86. The van der Waals surface area contributed by atoms with Gasteiger partial charge in [-0.25, -0.2) is 9.89 Å². The second kappa shape index (κ2) is 9.14. The molecule has 1 fully saturated rings. The number of carbonyl (C=O) groups excluding carboxylic acids is 2. The molecular weight excluding hydrogens is 432 g/mol. The lowest BCUT2D eigenvalue weighted by molar-refractivity contribution is -0.131. The van der Waals surface area contributed by atoms with Gasteiger partial charge in [-0.15, -0.1) is 0 Å². The fraction of sp³-hybridized carbons (Fsp3) is 0.385. The van der Waals surface area contributed by atoms with Gasteiger partial charge in [-0.2, -0.15) is 0 Å². The number of carbonyl (C=O) groups is 2. The molecule has 1 saturated heterocycles. The fourth-order valence-electron chi connectivity index (χ4n) is 4.95. The first-order chi connectivity index (χ1) is 16.0. The highest BCUT2D eigenvalue weighted by Crippen LogP contribution is 2.34. The minimum Gasteiger partial charge on any atom is -0.341 e. The number of para-hydroxylation sites is 1. The van der Waals surface area contributed by atoms with E-state index in [9.17, 15) is 9.59 Å². The minimum atomic E-state index is -0.487. The summed E-state index contributed by atoms with van der Waals surface area (Å²) < 4.78 is 0. The van der Waals surface area contributed by atoms with Gasteiger partial charge in [0, 0.05) is 25.1 Å². The largest absolute Gasteiger partial charge is 0.341 e. The molecule has 0 radical (unpaired) electrons. The number of thioether (sulfide) groups is 1. The van der Waals surface area contributed by atoms with Gasteiger partial charge >= 0.3 is 0 Å². The third-order valence-corrected chi connectivity index (χ3v) is 7.29. The Labute approximate surface area is 198 Å². The van der Waals surface area contributed by atoms with E-state index < -0.39 is 6.04 Å². The van der Waals surface area contributed by atoms with Crippen molar-refractivity contribution in [3.05, 3.63) is 65.7 Å². The molecule has 0 spiro atoms. The maximum absolute atomic E-state index is 13.4. The van der Waals surface area contributed by atoms with Gasteiger partial charge in [-0.1, -0.05) is 68.1 Å². The first-order valence-corrected chi connectivity index (χ1v) is 12.5. The second-order valence-electron chi connectivity index (χ2n) is 9.28. The van der Waals surface area contributed by atoms with Gasteiger partial charge in [-0.05, 0) is 36.0 Å². The zero-order valence-corrected chi connectivity index (χ0v) is 19.8. The molecule has 2 aromatic rings. The maximum Gasteiger partial charge on any atom is 0.259 e. The van der Waals surface area contributed by atoms with Crippen molar-refractivity contribution in [1.82, 2.24) is 9.80 Å². The maximum atomic E-state index is 13.4. The molecule has 3 unspecified atom stereocenters. The Kier molecular flexibility index (Phi) is 6.06. The number of fused-ring (bicyclic) bond motifs is 3. The summed E-state index contributed by atoms with van der Waals surface area (Å²) in [6, 6.07) is 17.2. The summed E-state index contributed by atoms with van der Waals surface area (Å²) in [6.07, 6.45) is 1.70. The number of amidine groups is 2. The zero-order chi connectivity index (χ0) is 22.9. The van der Waals surface area contributed by atoms with E-state index in [1.165, 1.54) is 11.8 Å². The van der Waals surface area contributed by atoms with Gasteiger partial charge in [0.25, 0.3) is 5.91 Å². The molecule has 6 nitrogen and oxygen atoms in total. The van der Waals surface area contributed by atoms with Crippen LogP contribution in [0.25, 0.3) is 0 Å². The lowest BCUT2D eigenvalue weighted by atomic mass is 9.92. The Morgan fingerprint density at radius 2 is 1.73 bits per heavy atom. The molecule has 2 amide bonds. The number of amides is 2. The molecular formula is C26H28N4O2S. The first kappa shape index (κ1) is 21.9. The van der Waals surface area contributed by atoms with Crippen LogP contribution in [0.1, 0.15) is 31.4 Å². The van der Waals surface area contributed by atoms with E-state index >= 15 is 0 Å². The van der Waals surface area contributed by atoms with Gasteiger partial charge in [-0.3, -0.25) is 14.6 Å². The van der Waals surface area contributed by atoms with Gasteiger partial charge in [0.15, 0.2) is 5.17 Å². The van der Waals surface area contributed by atoms with Crippen LogP contribution < -0.4 is 0 Å². The van der Waals surface area contributed by atoms with Crippen LogP contribution >= 0.6 is 11.8 Å². The van der Waals surface area contributed by atoms with Crippen LogP contribution in [0.4, 0.5) is 5.69 Å². The van der Waals surface area contributed by atoms with E-state index in [2.05, 4.69) is 13.8 Å². The van der Waals surface area contributed by atoms with Crippen molar-refractivity contribution in [3.63, 3.8) is 0 Å². The van der Waals surface area contributed by atoms with Crippen molar-refractivity contribution in [3.8, 4) is 0 Å². The average molecular weight is 461 g/mol. The molecule has 2 aromatic carbocycles. The monoisotopic (exact) mass is 460 g/mol. The van der Waals surface area contributed by atoms with Crippen molar-refractivity contribution < 1.29 is 9.59 Å². The number of hydrogen-bond acceptors (Lipinski definition) is 5. The minimum absolute atomic E-state index is 0.0812. The number of hydrogen-bond donors (Lipinski definition) is 0. The molecule has 0 aliphatic carbocycles. The van der Waals surface area contributed by atoms with Crippen LogP contribution in [-0.2, 0) is 16.0 Å². The number of rotatable bonds is 4. The Morgan fingerprint density at radius 3 is 2.48 bits per heavy atom. The second-order valence-corrected chi connectivity index (χ2v) is 10.2. The number of nitrogens with zero attached hydrogens (tertiary/aromatic N) is 4. The summed E-state index contributed by atoms with van der Waals surface area (Å²) in [5.74, 6) is 1.95. The highest BCUT2D eigenvalue weighted by Gasteiger charge is 2.41. The van der Waals surface area contributed by atoms with Crippen molar-refractivity contribution in [1.29, 1.82) is 0 Å². The summed E-state index contributed by atoms with van der Waals surface area (Å²) in [4.78, 5) is 39.6. The van der Waals surface area contributed by atoms with Crippen LogP contribution in [0.2, 0.25) is 0 Å². The first-order valence-electron chi connectivity index (χ1n) is 11.5. The third kappa shape index (κ3) is 4.47. The Morgan fingerprint density at radius 1 is 1.03 bits per heavy atom. The molecule has 0 N–H and O–H groups in total. The van der Waals surface area contributed by atoms with E-state index in [1.54, 1.807) is 4.90 Å². The van der Waals surface area contributed by atoms with Crippen LogP contribution in [-0.4, -0.2) is 57.5 Å². The van der Waals surface area contributed by atoms with Crippen molar-refractivity contribution in [2.45, 2.75) is 32.7 Å². The summed E-state index contributed by atoms with van der Waals surface area (Å²) in [7, 11) is 0. The summed E-state index contributed by atoms with van der Waals surface area (Å²) in [5.41, 5.74) is 2.72. The SMILES string of the molecule is CC1CC(C)CN(C(=O)CSC2=Nc3ccccc3C3=NC(Cc4ccccc4)C(=O)N23)C1. The normalized spacial score (nSPS) is 24.2. The highest BCUT2D eigenvalue weighted by molar-refractivity contribution is 8.14. The Hall–Kier alpha value is -2.93. The Bertz CT molecular complexity index is 1120. The predicted molar refractivity (Wildman–Crippen MR) is 133 cm³/mol. The van der Waals surface area contributed by atoms with E-state index in [0.29, 0.717) is 29.3 Å². The van der Waals surface area contributed by atoms with E-state index in [0.717, 1.165) is 36.3 Å². The van der Waals surface area contributed by atoms with E-state index in [1.807, 2.05) is 59.5 Å². The lowest BCUT2D eigenvalue weighted by Gasteiger charge is -2.35. The molecule has 0 saturated carbocycles. The standard InChI is InChI=1S/C26H28N4O2S/c1-17-12-18(2)15-29(14-17)23(31)16-33-26-28-21-11-7-6-10-20(21)24-27-22(25(32)30(24)26)13-19-8-4-3-5-9-19/h3-11,17-18,22H,12-16H2,1-2H3. The van der Waals surface area contributed by atoms with Gasteiger partial charge in [0.05, 0.1) is 11.4 Å². The van der Waals surface area contributed by atoms with E-state index in [-0.39, 0.29) is 17.6 Å². The highest BCUT2D eigenvalue weighted by atomic mass is 32.2. The quantitative estimate of drug-likeness (QED) is 0.689. The average Bonchev–Trinajstić information content (AvgIpc) is 3.13. The van der Waals surface area contributed by atoms with Crippen molar-refractivity contribution >= 4 is 40.3 Å². The van der Waals surface area contributed by atoms with Gasteiger partial charge in [0.2, 0.25) is 5.91 Å². The molecule has 3 aliphatic heterocycles. The molecule has 5 rings (SSSR count). The predicted octanol–water partition coefficient (Wildman–Crippen LogP) is 4.13. The van der Waals surface area contributed by atoms with Crippen LogP contribution in [0.5, 0.6) is 0 Å². The number of aliphatic imine (C=N–C) groups is 2. The van der Waals surface area contributed by atoms with E-state index in [4.69, 9.17) is 9.98 Å². The number of benzene rings is 2. The zero-order valence-electron chi connectivity index (χ0n) is 19.0. The smallest absolute Gasteiger partial charge is 0.259 e. The van der Waals surface area contributed by atoms with Crippen molar-refractivity contribution in [2.75, 3.05) is 18.8 Å². The Balaban J connectivity index is 1.37. The summed E-state index contributed by atoms with van der Waals surface area (Å²) in [5, 5.41) is 0.541. The van der Waals surface area contributed by atoms with Crippen LogP contribution in [0, 0.1) is 11.8 Å². The third-order valence-electron chi connectivity index (χ3n) is 6.37. The lowest BCUT2D eigenvalue weighted by Crippen LogP contribution is -2.45. The van der Waals surface area contributed by atoms with Gasteiger partial charge in [0.1, 0.15) is 11.9 Å².